The molecule has 0 radical (unpaired) electrons. The fourth-order valence-corrected chi connectivity index (χ4v) is 1.98. The molecule has 114 valence electrons. The second-order valence-corrected chi connectivity index (χ2v) is 4.54. The molecule has 0 atom stereocenters. The van der Waals surface area contributed by atoms with E-state index in [4.69, 9.17) is 0 Å². The Balaban J connectivity index is 2.02. The maximum absolute atomic E-state index is 12.0. The van der Waals surface area contributed by atoms with Crippen LogP contribution in [0.2, 0.25) is 0 Å². The average molecular weight is 301 g/mol. The molecule has 0 aliphatic heterocycles. The molecule has 0 saturated carbocycles. The van der Waals surface area contributed by atoms with Crippen molar-refractivity contribution in [2.75, 3.05) is 11.9 Å². The molecule has 5 nitrogen and oxygen atoms in total. The third-order valence-corrected chi connectivity index (χ3v) is 2.91. The van der Waals surface area contributed by atoms with Gasteiger partial charge in [-0.2, -0.15) is 13.2 Å². The molecule has 0 amide bonds. The lowest BCUT2D eigenvalue weighted by atomic mass is 10.2. The number of hydrogen-bond donors (Lipinski definition) is 2. The van der Waals surface area contributed by atoms with Crippen molar-refractivity contribution in [3.8, 4) is 0 Å². The molecule has 0 aliphatic carbocycles. The number of carbonyl (C=O) groups is 1. The molecule has 0 aromatic carbocycles. The molecule has 2 N–H and O–H groups in total. The standard InChI is InChI=1S/C13H14F3N3O2/c14-13(15,16)6-2-3-7-17-11-10(12(20)21)19-8-4-1-5-9(19)18-11/h1,4-5,8,17H,2-3,6-7H2,(H,20,21). The Morgan fingerprint density at radius 1 is 1.33 bits per heavy atom. The lowest BCUT2D eigenvalue weighted by Gasteiger charge is -2.07. The number of halogens is 3. The molecule has 2 aromatic rings. The van der Waals surface area contributed by atoms with Crippen molar-refractivity contribution >= 4 is 17.4 Å². The number of fused-ring (bicyclic) bond motifs is 1. The van der Waals surface area contributed by atoms with Crippen LogP contribution in [0.1, 0.15) is 29.8 Å². The van der Waals surface area contributed by atoms with Gasteiger partial charge in [0, 0.05) is 19.2 Å². The third kappa shape index (κ3) is 3.87. The van der Waals surface area contributed by atoms with Crippen LogP contribution in [0, 0.1) is 0 Å². The van der Waals surface area contributed by atoms with Gasteiger partial charge in [0.25, 0.3) is 0 Å². The van der Waals surface area contributed by atoms with Crippen molar-refractivity contribution in [2.24, 2.45) is 0 Å². The Hall–Kier alpha value is -2.25. The number of carboxylic acid groups (broad SMARTS) is 1. The van der Waals surface area contributed by atoms with Crippen LogP contribution in [0.25, 0.3) is 5.65 Å². The highest BCUT2D eigenvalue weighted by molar-refractivity contribution is 5.92. The number of rotatable bonds is 6. The summed E-state index contributed by atoms with van der Waals surface area (Å²) in [6.07, 6.45) is -3.15. The molecule has 0 saturated heterocycles. The number of hydrogen-bond acceptors (Lipinski definition) is 3. The molecule has 0 unspecified atom stereocenters. The first kappa shape index (κ1) is 15.1. The third-order valence-electron chi connectivity index (χ3n) is 2.91. The maximum atomic E-state index is 12.0. The molecule has 8 heteroatoms. The largest absolute Gasteiger partial charge is 0.476 e. The number of alkyl halides is 3. The van der Waals surface area contributed by atoms with Crippen molar-refractivity contribution < 1.29 is 23.1 Å². The normalized spacial score (nSPS) is 11.8. The molecule has 0 spiro atoms. The summed E-state index contributed by atoms with van der Waals surface area (Å²) >= 11 is 0. The van der Waals surface area contributed by atoms with Crippen LogP contribution < -0.4 is 5.32 Å². The predicted molar refractivity (Wildman–Crippen MR) is 70.5 cm³/mol. The molecule has 2 rings (SSSR count). The lowest BCUT2D eigenvalue weighted by Crippen LogP contribution is -2.11. The van der Waals surface area contributed by atoms with E-state index in [1.807, 2.05) is 0 Å². The van der Waals surface area contributed by atoms with Crippen molar-refractivity contribution in [1.82, 2.24) is 9.38 Å². The van der Waals surface area contributed by atoms with E-state index in [1.165, 1.54) is 4.40 Å². The fourth-order valence-electron chi connectivity index (χ4n) is 1.98. The summed E-state index contributed by atoms with van der Waals surface area (Å²) in [7, 11) is 0. The van der Waals surface area contributed by atoms with Crippen molar-refractivity contribution in [3.63, 3.8) is 0 Å². The van der Waals surface area contributed by atoms with E-state index in [9.17, 15) is 23.1 Å². The second-order valence-electron chi connectivity index (χ2n) is 4.54. The molecule has 0 bridgehead atoms. The van der Waals surface area contributed by atoms with E-state index < -0.39 is 18.6 Å². The molecular formula is C13H14F3N3O2. The maximum Gasteiger partial charge on any atom is 0.389 e. The Morgan fingerprint density at radius 3 is 2.76 bits per heavy atom. The van der Waals surface area contributed by atoms with Crippen molar-refractivity contribution in [3.05, 3.63) is 30.1 Å². The zero-order chi connectivity index (χ0) is 15.5. The first-order valence-electron chi connectivity index (χ1n) is 6.39. The molecular weight excluding hydrogens is 287 g/mol. The van der Waals surface area contributed by atoms with E-state index in [2.05, 4.69) is 10.3 Å². The SMILES string of the molecule is O=C(O)c1c(NCCCCC(F)(F)F)nc2ccccn12. The van der Waals surface area contributed by atoms with Gasteiger partial charge in [0.05, 0.1) is 0 Å². The molecule has 0 fully saturated rings. The van der Waals surface area contributed by atoms with Gasteiger partial charge in [-0.3, -0.25) is 4.40 Å². The minimum Gasteiger partial charge on any atom is -0.476 e. The minimum absolute atomic E-state index is 0.00766. The first-order chi connectivity index (χ1) is 9.88. The van der Waals surface area contributed by atoms with E-state index in [0.29, 0.717) is 5.65 Å². The number of aromatic carboxylic acids is 1. The highest BCUT2D eigenvalue weighted by Crippen LogP contribution is 2.22. The van der Waals surface area contributed by atoms with Crippen LogP contribution in [-0.2, 0) is 0 Å². The number of nitrogens with zero attached hydrogens (tertiary/aromatic N) is 2. The highest BCUT2D eigenvalue weighted by Gasteiger charge is 2.25. The summed E-state index contributed by atoms with van der Waals surface area (Å²) in [4.78, 5) is 15.4. The van der Waals surface area contributed by atoms with Gasteiger partial charge in [-0.15, -0.1) is 0 Å². The number of carboxylic acids is 1. The van der Waals surface area contributed by atoms with Crippen LogP contribution >= 0.6 is 0 Å². The summed E-state index contributed by atoms with van der Waals surface area (Å²) in [5.41, 5.74) is 0.439. The summed E-state index contributed by atoms with van der Waals surface area (Å²) < 4.78 is 37.4. The van der Waals surface area contributed by atoms with Crippen LogP contribution in [0.15, 0.2) is 24.4 Å². The number of nitrogens with one attached hydrogen (secondary N) is 1. The minimum atomic E-state index is -4.16. The quantitative estimate of drug-likeness (QED) is 0.804. The van der Waals surface area contributed by atoms with Gasteiger partial charge in [0.1, 0.15) is 5.65 Å². The van der Waals surface area contributed by atoms with Gasteiger partial charge in [0.15, 0.2) is 11.5 Å². The van der Waals surface area contributed by atoms with Crippen LogP contribution in [0.4, 0.5) is 19.0 Å². The topological polar surface area (TPSA) is 66.6 Å². The summed E-state index contributed by atoms with van der Waals surface area (Å²) in [6, 6.07) is 5.05. The summed E-state index contributed by atoms with van der Waals surface area (Å²) in [5, 5.41) is 12.0. The Morgan fingerprint density at radius 2 is 2.10 bits per heavy atom. The van der Waals surface area contributed by atoms with E-state index in [0.717, 1.165) is 0 Å². The van der Waals surface area contributed by atoms with Gasteiger partial charge >= 0.3 is 12.1 Å². The lowest BCUT2D eigenvalue weighted by molar-refractivity contribution is -0.135. The molecule has 21 heavy (non-hydrogen) atoms. The fraction of sp³-hybridized carbons (Fsp3) is 0.385. The molecule has 2 aromatic heterocycles. The first-order valence-corrected chi connectivity index (χ1v) is 6.39. The summed E-state index contributed by atoms with van der Waals surface area (Å²) in [6.45, 7) is 0.236. The van der Waals surface area contributed by atoms with E-state index in [1.54, 1.807) is 24.4 Å². The zero-order valence-electron chi connectivity index (χ0n) is 11.0. The monoisotopic (exact) mass is 301 g/mol. The number of anilines is 1. The van der Waals surface area contributed by atoms with Gasteiger partial charge in [0.2, 0.25) is 0 Å². The Bertz CT molecular complexity index is 637. The average Bonchev–Trinajstić information content (AvgIpc) is 2.75. The number of aromatic nitrogens is 2. The highest BCUT2D eigenvalue weighted by atomic mass is 19.4. The summed E-state index contributed by atoms with van der Waals surface area (Å²) in [5.74, 6) is -0.979. The Kier molecular flexibility index (Phi) is 4.35. The second kappa shape index (κ2) is 6.02. The van der Waals surface area contributed by atoms with Crippen LogP contribution in [0.3, 0.4) is 0 Å². The van der Waals surface area contributed by atoms with Gasteiger partial charge in [-0.25, -0.2) is 9.78 Å². The smallest absolute Gasteiger partial charge is 0.389 e. The van der Waals surface area contributed by atoms with Gasteiger partial charge in [-0.1, -0.05) is 6.07 Å². The van der Waals surface area contributed by atoms with Crippen molar-refractivity contribution in [2.45, 2.75) is 25.4 Å². The molecule has 0 aliphatic rings. The Labute approximate surface area is 118 Å². The van der Waals surface area contributed by atoms with Crippen LogP contribution in [-0.4, -0.2) is 33.2 Å². The van der Waals surface area contributed by atoms with E-state index >= 15 is 0 Å². The zero-order valence-corrected chi connectivity index (χ0v) is 11.0. The number of imidazole rings is 1. The van der Waals surface area contributed by atoms with Gasteiger partial charge < -0.3 is 10.4 Å². The molecule has 2 heterocycles. The van der Waals surface area contributed by atoms with Crippen molar-refractivity contribution in [1.29, 1.82) is 0 Å². The number of pyridine rings is 1. The van der Waals surface area contributed by atoms with E-state index in [-0.39, 0.29) is 30.9 Å². The number of unbranched alkanes of at least 4 members (excludes halogenated alkanes) is 1. The van der Waals surface area contributed by atoms with Gasteiger partial charge in [-0.05, 0) is 25.0 Å². The van der Waals surface area contributed by atoms with Crippen LogP contribution in [0.5, 0.6) is 0 Å². The predicted octanol–water partition coefficient (Wildman–Crippen LogP) is 3.18.